The van der Waals surface area contributed by atoms with Gasteiger partial charge in [-0.15, -0.1) is 0 Å². The Hall–Kier alpha value is -2.34. The number of fused-ring (bicyclic) bond motifs is 1. The van der Waals surface area contributed by atoms with Crippen LogP contribution in [0.4, 0.5) is 0 Å². The molecule has 2 aliphatic rings. The van der Waals surface area contributed by atoms with Crippen LogP contribution < -0.4 is 10.1 Å². The first kappa shape index (κ1) is 18.0. The lowest BCUT2D eigenvalue weighted by atomic mass is 9.90. The van der Waals surface area contributed by atoms with Crippen molar-refractivity contribution in [3.8, 4) is 5.75 Å². The molecular weight excluding hydrogens is 340 g/mol. The first-order chi connectivity index (χ1) is 13.1. The number of amides is 1. The highest BCUT2D eigenvalue weighted by Crippen LogP contribution is 2.24. The molecule has 1 aromatic carbocycles. The molecule has 1 atom stereocenters. The second-order valence-corrected chi connectivity index (χ2v) is 7.77. The number of nitrogens with one attached hydrogen (secondary N) is 1. The zero-order chi connectivity index (χ0) is 18.8. The number of ether oxygens (including phenoxy) is 1. The Morgan fingerprint density at radius 2 is 2.00 bits per heavy atom. The Labute approximate surface area is 160 Å². The maximum absolute atomic E-state index is 12.9. The zero-order valence-corrected chi connectivity index (χ0v) is 16.1. The van der Waals surface area contributed by atoms with Gasteiger partial charge in [0, 0.05) is 25.7 Å². The fourth-order valence-electron chi connectivity index (χ4n) is 4.06. The van der Waals surface area contributed by atoms with Crippen molar-refractivity contribution in [3.05, 3.63) is 47.3 Å². The Kier molecular flexibility index (Phi) is 5.16. The molecule has 4 rings (SSSR count). The van der Waals surface area contributed by atoms with Gasteiger partial charge in [0.05, 0.1) is 19.3 Å². The van der Waals surface area contributed by atoms with Crippen LogP contribution in [-0.4, -0.2) is 46.8 Å². The zero-order valence-electron chi connectivity index (χ0n) is 16.1. The Balaban J connectivity index is 1.32. The van der Waals surface area contributed by atoms with E-state index in [1.807, 2.05) is 27.8 Å². The molecule has 144 valence electrons. The van der Waals surface area contributed by atoms with Crippen LogP contribution in [0.3, 0.4) is 0 Å². The second kappa shape index (κ2) is 7.72. The van der Waals surface area contributed by atoms with E-state index in [0.29, 0.717) is 17.7 Å². The van der Waals surface area contributed by atoms with Crippen LogP contribution in [0.25, 0.3) is 0 Å². The summed E-state index contributed by atoms with van der Waals surface area (Å²) in [5.74, 6) is 1.60. The van der Waals surface area contributed by atoms with Gasteiger partial charge in [-0.1, -0.05) is 12.1 Å². The van der Waals surface area contributed by atoms with E-state index in [1.165, 1.54) is 5.56 Å². The number of rotatable bonds is 4. The molecule has 1 amide bonds. The third kappa shape index (κ3) is 4.00. The number of piperidine rings is 1. The number of benzene rings is 1. The molecule has 2 aliphatic heterocycles. The van der Waals surface area contributed by atoms with Gasteiger partial charge >= 0.3 is 0 Å². The highest BCUT2D eigenvalue weighted by Gasteiger charge is 2.27. The van der Waals surface area contributed by atoms with E-state index in [1.54, 1.807) is 7.11 Å². The molecule has 0 aliphatic carbocycles. The highest BCUT2D eigenvalue weighted by molar-refractivity contribution is 5.92. The Bertz CT molecular complexity index is 791. The molecule has 1 N–H and O–H groups in total. The number of nitrogens with zero attached hydrogens (tertiary/aromatic N) is 3. The minimum atomic E-state index is 0.0763. The van der Waals surface area contributed by atoms with Crippen molar-refractivity contribution >= 4 is 5.91 Å². The highest BCUT2D eigenvalue weighted by atomic mass is 16.5. The summed E-state index contributed by atoms with van der Waals surface area (Å²) < 4.78 is 7.20. The van der Waals surface area contributed by atoms with Gasteiger partial charge in [-0.25, -0.2) is 0 Å². The van der Waals surface area contributed by atoms with E-state index >= 15 is 0 Å². The van der Waals surface area contributed by atoms with Gasteiger partial charge in [0.25, 0.3) is 5.91 Å². The summed E-state index contributed by atoms with van der Waals surface area (Å²) in [4.78, 5) is 14.8. The minimum Gasteiger partial charge on any atom is -0.497 e. The van der Waals surface area contributed by atoms with Crippen LogP contribution in [0.15, 0.2) is 30.3 Å². The molecule has 3 heterocycles. The van der Waals surface area contributed by atoms with E-state index in [9.17, 15) is 4.79 Å². The molecule has 0 spiro atoms. The van der Waals surface area contributed by atoms with Gasteiger partial charge in [0.1, 0.15) is 5.75 Å². The summed E-state index contributed by atoms with van der Waals surface area (Å²) in [5, 5.41) is 7.97. The SMILES string of the molecule is COc1ccc(CC2CCN(C(=O)c3cc4n(n3)CC(C)NC4)CC2)cc1. The topological polar surface area (TPSA) is 59.4 Å². The van der Waals surface area contributed by atoms with Gasteiger partial charge < -0.3 is 15.0 Å². The molecule has 1 fully saturated rings. The largest absolute Gasteiger partial charge is 0.497 e. The fourth-order valence-corrected chi connectivity index (χ4v) is 4.06. The van der Waals surface area contributed by atoms with Crippen molar-refractivity contribution in [2.75, 3.05) is 20.2 Å². The summed E-state index contributed by atoms with van der Waals surface area (Å²) in [6.07, 6.45) is 3.15. The number of likely N-dealkylation sites (tertiary alicyclic amines) is 1. The number of hydrogen-bond donors (Lipinski definition) is 1. The Morgan fingerprint density at radius 3 is 2.70 bits per heavy atom. The monoisotopic (exact) mass is 368 g/mol. The van der Waals surface area contributed by atoms with Crippen molar-refractivity contribution < 1.29 is 9.53 Å². The third-order valence-corrected chi connectivity index (χ3v) is 5.75. The van der Waals surface area contributed by atoms with Gasteiger partial charge in [-0.2, -0.15) is 5.10 Å². The first-order valence-electron chi connectivity index (χ1n) is 9.84. The van der Waals surface area contributed by atoms with E-state index in [2.05, 4.69) is 29.5 Å². The van der Waals surface area contributed by atoms with E-state index < -0.39 is 0 Å². The standard InChI is InChI=1S/C21H28N4O2/c1-15-14-25-18(13-22-15)12-20(23-25)21(26)24-9-7-17(8-10-24)11-16-3-5-19(27-2)6-4-16/h3-6,12,15,17,22H,7-11,13-14H2,1-2H3. The van der Waals surface area contributed by atoms with Crippen molar-refractivity contribution in [1.82, 2.24) is 20.0 Å². The summed E-state index contributed by atoms with van der Waals surface area (Å²) >= 11 is 0. The van der Waals surface area contributed by atoms with E-state index in [0.717, 1.165) is 56.9 Å². The molecule has 1 unspecified atom stereocenters. The van der Waals surface area contributed by atoms with Crippen LogP contribution in [0.5, 0.6) is 5.75 Å². The average molecular weight is 368 g/mol. The van der Waals surface area contributed by atoms with Crippen LogP contribution in [0, 0.1) is 5.92 Å². The first-order valence-corrected chi connectivity index (χ1v) is 9.84. The molecule has 0 saturated carbocycles. The van der Waals surface area contributed by atoms with Gasteiger partial charge in [-0.3, -0.25) is 9.48 Å². The second-order valence-electron chi connectivity index (χ2n) is 7.77. The van der Waals surface area contributed by atoms with Crippen molar-refractivity contribution in [2.24, 2.45) is 5.92 Å². The van der Waals surface area contributed by atoms with Crippen LogP contribution >= 0.6 is 0 Å². The van der Waals surface area contributed by atoms with Crippen LogP contribution in [-0.2, 0) is 19.5 Å². The molecule has 0 bridgehead atoms. The smallest absolute Gasteiger partial charge is 0.274 e. The summed E-state index contributed by atoms with van der Waals surface area (Å²) in [5.41, 5.74) is 3.03. The number of hydrogen-bond acceptors (Lipinski definition) is 4. The average Bonchev–Trinajstić information content (AvgIpc) is 3.12. The lowest BCUT2D eigenvalue weighted by molar-refractivity contribution is 0.0683. The predicted octanol–water partition coefficient (Wildman–Crippen LogP) is 2.48. The lowest BCUT2D eigenvalue weighted by Gasteiger charge is -2.31. The van der Waals surface area contributed by atoms with Gasteiger partial charge in [0.15, 0.2) is 5.69 Å². The van der Waals surface area contributed by atoms with Crippen LogP contribution in [0.2, 0.25) is 0 Å². The van der Waals surface area contributed by atoms with Crippen molar-refractivity contribution in [1.29, 1.82) is 0 Å². The lowest BCUT2D eigenvalue weighted by Crippen LogP contribution is -2.39. The fraction of sp³-hybridized carbons (Fsp3) is 0.524. The summed E-state index contributed by atoms with van der Waals surface area (Å²) in [6, 6.07) is 10.7. The predicted molar refractivity (Wildman–Crippen MR) is 104 cm³/mol. The summed E-state index contributed by atoms with van der Waals surface area (Å²) in [6.45, 7) is 5.38. The molecule has 6 nitrogen and oxygen atoms in total. The molecular formula is C21H28N4O2. The van der Waals surface area contributed by atoms with E-state index in [-0.39, 0.29) is 5.91 Å². The Morgan fingerprint density at radius 1 is 1.26 bits per heavy atom. The van der Waals surface area contributed by atoms with Gasteiger partial charge in [0.2, 0.25) is 0 Å². The maximum Gasteiger partial charge on any atom is 0.274 e. The number of aromatic nitrogens is 2. The number of carbonyl (C=O) groups excluding carboxylic acids is 1. The van der Waals surface area contributed by atoms with Gasteiger partial charge in [-0.05, 0) is 55.9 Å². The summed E-state index contributed by atoms with van der Waals surface area (Å²) in [7, 11) is 1.69. The van der Waals surface area contributed by atoms with Crippen LogP contribution in [0.1, 0.15) is 41.5 Å². The maximum atomic E-state index is 12.9. The molecule has 1 saturated heterocycles. The number of carbonyl (C=O) groups is 1. The van der Waals surface area contributed by atoms with Crippen molar-refractivity contribution in [2.45, 2.75) is 45.3 Å². The number of methoxy groups -OCH3 is 1. The molecule has 2 aromatic rings. The molecule has 0 radical (unpaired) electrons. The third-order valence-electron chi connectivity index (χ3n) is 5.75. The van der Waals surface area contributed by atoms with Crippen molar-refractivity contribution in [3.63, 3.8) is 0 Å². The molecule has 1 aromatic heterocycles. The minimum absolute atomic E-state index is 0.0763. The van der Waals surface area contributed by atoms with E-state index in [4.69, 9.17) is 4.74 Å². The quantitative estimate of drug-likeness (QED) is 0.901. The molecule has 6 heteroatoms. The molecule has 27 heavy (non-hydrogen) atoms. The normalized spacial score (nSPS) is 20.4.